The van der Waals surface area contributed by atoms with Gasteiger partial charge in [-0.1, -0.05) is 13.8 Å². The highest BCUT2D eigenvalue weighted by Crippen LogP contribution is 2.30. The van der Waals surface area contributed by atoms with Crippen molar-refractivity contribution in [3.05, 3.63) is 23.3 Å². The number of hydrogen-bond donors (Lipinski definition) is 2. The van der Waals surface area contributed by atoms with E-state index >= 15 is 0 Å². The monoisotopic (exact) mass is 329 g/mol. The highest BCUT2D eigenvalue weighted by Gasteiger charge is 2.20. The lowest BCUT2D eigenvalue weighted by atomic mass is 10.0. The fourth-order valence-electron chi connectivity index (χ4n) is 1.83. The van der Waals surface area contributed by atoms with Gasteiger partial charge in [0.25, 0.3) is 5.91 Å². The number of guanidine groups is 1. The van der Waals surface area contributed by atoms with Gasteiger partial charge in [0, 0.05) is 16.7 Å². The number of sulfone groups is 1. The van der Waals surface area contributed by atoms with Gasteiger partial charge in [0.2, 0.25) is 0 Å². The highest BCUT2D eigenvalue weighted by atomic mass is 32.2. The summed E-state index contributed by atoms with van der Waals surface area (Å²) < 4.78 is 23.8. The highest BCUT2D eigenvalue weighted by molar-refractivity contribution is 8.00. The summed E-state index contributed by atoms with van der Waals surface area (Å²) in [7, 11) is -3.45. The van der Waals surface area contributed by atoms with E-state index in [9.17, 15) is 13.2 Å². The Morgan fingerprint density at radius 1 is 1.29 bits per heavy atom. The van der Waals surface area contributed by atoms with Gasteiger partial charge in [-0.3, -0.25) is 4.79 Å². The summed E-state index contributed by atoms with van der Waals surface area (Å²) in [6.45, 7) is 3.81. The summed E-state index contributed by atoms with van der Waals surface area (Å²) in [6.07, 6.45) is 1.69. The lowest BCUT2D eigenvalue weighted by molar-refractivity contribution is 0.100. The second kappa shape index (κ2) is 6.95. The van der Waals surface area contributed by atoms with E-state index in [4.69, 9.17) is 11.5 Å². The Bertz CT molecular complexity index is 678. The van der Waals surface area contributed by atoms with E-state index in [1.165, 1.54) is 17.8 Å². The summed E-state index contributed by atoms with van der Waals surface area (Å²) in [5, 5.41) is 0. The maximum Gasteiger partial charge on any atom is 0.280 e. The molecule has 0 aliphatic heterocycles. The summed E-state index contributed by atoms with van der Waals surface area (Å²) in [4.78, 5) is 16.3. The maximum absolute atomic E-state index is 12.0. The molecule has 0 aliphatic rings. The van der Waals surface area contributed by atoms with Crippen molar-refractivity contribution in [3.8, 4) is 0 Å². The predicted octanol–water partition coefficient (Wildman–Crippen LogP) is 1.18. The molecule has 6 nitrogen and oxygen atoms in total. The molecule has 0 unspecified atom stereocenters. The number of amides is 1. The van der Waals surface area contributed by atoms with Gasteiger partial charge in [0.15, 0.2) is 15.8 Å². The largest absolute Gasteiger partial charge is 0.370 e. The van der Waals surface area contributed by atoms with Crippen LogP contribution >= 0.6 is 11.8 Å². The first-order chi connectivity index (χ1) is 9.70. The molecule has 0 aliphatic carbocycles. The molecular weight excluding hydrogens is 310 g/mol. The van der Waals surface area contributed by atoms with Crippen molar-refractivity contribution >= 4 is 33.5 Å². The zero-order valence-corrected chi connectivity index (χ0v) is 13.8. The van der Waals surface area contributed by atoms with Crippen LogP contribution in [0.1, 0.15) is 29.8 Å². The van der Waals surface area contributed by atoms with Crippen molar-refractivity contribution in [2.24, 2.45) is 16.5 Å². The second-order valence-corrected chi connectivity index (χ2v) is 7.65. The molecule has 0 saturated heterocycles. The van der Waals surface area contributed by atoms with Crippen LogP contribution < -0.4 is 11.5 Å². The van der Waals surface area contributed by atoms with Gasteiger partial charge in [-0.15, -0.1) is 11.8 Å². The zero-order valence-electron chi connectivity index (χ0n) is 12.2. The van der Waals surface area contributed by atoms with Crippen LogP contribution in [0.15, 0.2) is 26.9 Å². The van der Waals surface area contributed by atoms with E-state index in [0.29, 0.717) is 16.9 Å². The van der Waals surface area contributed by atoms with Crippen LogP contribution in [0.4, 0.5) is 0 Å². The molecule has 0 atom stereocenters. The molecule has 0 heterocycles. The molecule has 8 heteroatoms. The lowest BCUT2D eigenvalue weighted by Gasteiger charge is -2.12. The van der Waals surface area contributed by atoms with Crippen LogP contribution in [-0.4, -0.2) is 32.3 Å². The van der Waals surface area contributed by atoms with Gasteiger partial charge in [-0.05, 0) is 29.9 Å². The van der Waals surface area contributed by atoms with E-state index in [2.05, 4.69) is 4.99 Å². The molecule has 0 bridgehead atoms. The number of carbonyl (C=O) groups excluding carboxylic acids is 1. The van der Waals surface area contributed by atoms with Crippen molar-refractivity contribution < 1.29 is 13.2 Å². The lowest BCUT2D eigenvalue weighted by Crippen LogP contribution is -2.24. The molecular formula is C13H19N3O3S2. The normalized spacial score (nSPS) is 11.2. The number of rotatable bonds is 5. The van der Waals surface area contributed by atoms with Crippen molar-refractivity contribution in [2.45, 2.75) is 30.1 Å². The molecule has 116 valence electrons. The number of hydrogen-bond acceptors (Lipinski definition) is 4. The Morgan fingerprint density at radius 2 is 1.90 bits per heavy atom. The number of nitrogens with zero attached hydrogens (tertiary/aromatic N) is 1. The first kappa shape index (κ1) is 17.5. The van der Waals surface area contributed by atoms with Crippen molar-refractivity contribution in [2.75, 3.05) is 12.0 Å². The van der Waals surface area contributed by atoms with E-state index in [1.54, 1.807) is 6.07 Å². The summed E-state index contributed by atoms with van der Waals surface area (Å²) in [6, 6.07) is 3.08. The molecule has 0 spiro atoms. The molecule has 1 rings (SSSR count). The predicted molar refractivity (Wildman–Crippen MR) is 85.5 cm³/mol. The van der Waals surface area contributed by atoms with E-state index < -0.39 is 15.7 Å². The van der Waals surface area contributed by atoms with Gasteiger partial charge in [-0.2, -0.15) is 4.99 Å². The molecule has 0 fully saturated rings. The van der Waals surface area contributed by atoms with Crippen LogP contribution in [-0.2, 0) is 16.3 Å². The van der Waals surface area contributed by atoms with Crippen LogP contribution in [0.5, 0.6) is 0 Å². The van der Waals surface area contributed by atoms with Gasteiger partial charge in [-0.25, -0.2) is 8.42 Å². The first-order valence-electron chi connectivity index (χ1n) is 6.34. The van der Waals surface area contributed by atoms with E-state index in [0.717, 1.165) is 12.0 Å². The third-order valence-electron chi connectivity index (χ3n) is 2.71. The Hall–Kier alpha value is -1.54. The smallest absolute Gasteiger partial charge is 0.280 e. The topological polar surface area (TPSA) is 116 Å². The number of nitrogens with two attached hydrogens (primary N) is 2. The number of carbonyl (C=O) groups is 1. The van der Waals surface area contributed by atoms with E-state index in [-0.39, 0.29) is 16.4 Å². The quantitative estimate of drug-likeness (QED) is 0.476. The Balaban J connectivity index is 3.59. The van der Waals surface area contributed by atoms with Gasteiger partial charge < -0.3 is 11.5 Å². The molecule has 0 aromatic heterocycles. The zero-order chi connectivity index (χ0) is 16.2. The summed E-state index contributed by atoms with van der Waals surface area (Å²) in [5.41, 5.74) is 11.3. The van der Waals surface area contributed by atoms with Crippen LogP contribution in [0.3, 0.4) is 0 Å². The SMILES string of the molecule is CCSc1cc(CC)c(C(=O)N=C(N)N)cc1S(C)(=O)=O. The minimum absolute atomic E-state index is 0.126. The van der Waals surface area contributed by atoms with Crippen molar-refractivity contribution in [3.63, 3.8) is 0 Å². The van der Waals surface area contributed by atoms with Gasteiger partial charge in [0.05, 0.1) is 4.90 Å². The molecule has 1 aromatic rings. The Kier molecular flexibility index (Phi) is 5.79. The third kappa shape index (κ3) is 4.47. The molecule has 4 N–H and O–H groups in total. The summed E-state index contributed by atoms with van der Waals surface area (Å²) in [5.74, 6) is -0.257. The number of aryl methyl sites for hydroxylation is 1. The molecule has 1 amide bonds. The maximum atomic E-state index is 12.0. The van der Waals surface area contributed by atoms with Crippen LogP contribution in [0, 0.1) is 0 Å². The van der Waals surface area contributed by atoms with E-state index in [1.807, 2.05) is 13.8 Å². The third-order valence-corrected chi connectivity index (χ3v) is 4.91. The van der Waals surface area contributed by atoms with Crippen molar-refractivity contribution in [1.82, 2.24) is 0 Å². The second-order valence-electron chi connectivity index (χ2n) is 4.36. The average molecular weight is 329 g/mol. The standard InChI is InChI=1S/C13H19N3O3S2/c1-4-8-6-10(20-5-2)11(21(3,18)19)7-9(8)12(17)16-13(14)15/h6-7H,4-5H2,1-3H3,(H4,14,15,16,17). The van der Waals surface area contributed by atoms with Crippen molar-refractivity contribution in [1.29, 1.82) is 0 Å². The van der Waals surface area contributed by atoms with Crippen LogP contribution in [0.25, 0.3) is 0 Å². The number of thioether (sulfide) groups is 1. The minimum Gasteiger partial charge on any atom is -0.370 e. The number of aliphatic imine (C=N–C) groups is 1. The summed E-state index contributed by atoms with van der Waals surface area (Å²) >= 11 is 1.42. The Morgan fingerprint density at radius 3 is 2.33 bits per heavy atom. The molecule has 0 saturated carbocycles. The molecule has 1 aromatic carbocycles. The van der Waals surface area contributed by atoms with Crippen LogP contribution in [0.2, 0.25) is 0 Å². The Labute approximate surface area is 128 Å². The average Bonchev–Trinajstić information content (AvgIpc) is 2.36. The minimum atomic E-state index is -3.45. The van der Waals surface area contributed by atoms with Gasteiger partial charge in [0.1, 0.15) is 0 Å². The molecule has 21 heavy (non-hydrogen) atoms. The fraction of sp³-hybridized carbons (Fsp3) is 0.385. The van der Waals surface area contributed by atoms with Gasteiger partial charge >= 0.3 is 0 Å². The molecule has 0 radical (unpaired) electrons. The number of benzene rings is 1. The first-order valence-corrected chi connectivity index (χ1v) is 9.22. The fourth-order valence-corrected chi connectivity index (χ4v) is 3.95.